The highest BCUT2D eigenvalue weighted by Gasteiger charge is 2.54. The second-order valence-corrected chi connectivity index (χ2v) is 7.95. The predicted molar refractivity (Wildman–Crippen MR) is 88.4 cm³/mol. The molecule has 23 heavy (non-hydrogen) atoms. The summed E-state index contributed by atoms with van der Waals surface area (Å²) >= 11 is 0. The van der Waals surface area contributed by atoms with E-state index in [4.69, 9.17) is 4.74 Å². The Labute approximate surface area is 138 Å². The Bertz CT molecular complexity index is 651. The molecule has 2 fully saturated rings. The average molecular weight is 314 g/mol. The van der Waals surface area contributed by atoms with E-state index in [1.165, 1.54) is 11.1 Å². The molecule has 0 bridgehead atoms. The molecule has 0 saturated heterocycles. The number of hydrogen-bond donors (Lipinski definition) is 1. The van der Waals surface area contributed by atoms with Gasteiger partial charge in [-0.05, 0) is 73.1 Å². The van der Waals surface area contributed by atoms with E-state index in [2.05, 4.69) is 13.0 Å². The molecular formula is C20H26O3. The van der Waals surface area contributed by atoms with Gasteiger partial charge < -0.3 is 9.84 Å². The molecule has 3 heteroatoms. The van der Waals surface area contributed by atoms with Crippen molar-refractivity contribution in [1.29, 1.82) is 0 Å². The van der Waals surface area contributed by atoms with Crippen molar-refractivity contribution in [2.24, 2.45) is 17.3 Å². The second kappa shape index (κ2) is 5.34. The number of ether oxygens (including phenoxy) is 1. The number of carbonyl (C=O) groups is 1. The molecule has 1 N–H and O–H groups in total. The third-order valence-corrected chi connectivity index (χ3v) is 6.93. The van der Waals surface area contributed by atoms with Crippen LogP contribution in [0.3, 0.4) is 0 Å². The Morgan fingerprint density at radius 1 is 1.26 bits per heavy atom. The summed E-state index contributed by atoms with van der Waals surface area (Å²) in [5.74, 6) is 2.60. The summed E-state index contributed by atoms with van der Waals surface area (Å²) in [7, 11) is 1.66. The fraction of sp³-hybridized carbons (Fsp3) is 0.650. The molecule has 0 spiro atoms. The molecule has 4 unspecified atom stereocenters. The van der Waals surface area contributed by atoms with Gasteiger partial charge in [-0.1, -0.05) is 6.92 Å². The zero-order valence-electron chi connectivity index (χ0n) is 14.1. The molecule has 2 saturated carbocycles. The summed E-state index contributed by atoms with van der Waals surface area (Å²) < 4.78 is 5.23. The minimum Gasteiger partial charge on any atom is -0.508 e. The number of phenols is 1. The molecule has 0 amide bonds. The molecule has 1 aromatic carbocycles. The van der Waals surface area contributed by atoms with Crippen LogP contribution in [0.2, 0.25) is 0 Å². The van der Waals surface area contributed by atoms with Crippen molar-refractivity contribution in [3.8, 4) is 5.75 Å². The van der Waals surface area contributed by atoms with Crippen LogP contribution in [-0.2, 0) is 22.6 Å². The fourth-order valence-corrected chi connectivity index (χ4v) is 5.70. The first-order valence-corrected chi connectivity index (χ1v) is 8.91. The van der Waals surface area contributed by atoms with Gasteiger partial charge in [-0.3, -0.25) is 4.79 Å². The van der Waals surface area contributed by atoms with Gasteiger partial charge in [0.25, 0.3) is 0 Å². The van der Waals surface area contributed by atoms with Crippen molar-refractivity contribution in [3.63, 3.8) is 0 Å². The zero-order valence-corrected chi connectivity index (χ0v) is 14.1. The fourth-order valence-electron chi connectivity index (χ4n) is 5.70. The molecule has 4 rings (SSSR count). The number of aromatic hydroxyl groups is 1. The lowest BCUT2D eigenvalue weighted by atomic mass is 9.55. The van der Waals surface area contributed by atoms with Gasteiger partial charge in [0.1, 0.15) is 11.5 Å². The highest BCUT2D eigenvalue weighted by atomic mass is 16.5. The topological polar surface area (TPSA) is 46.5 Å². The quantitative estimate of drug-likeness (QED) is 0.898. The number of hydrogen-bond acceptors (Lipinski definition) is 3. The molecule has 0 heterocycles. The van der Waals surface area contributed by atoms with Gasteiger partial charge in [0, 0.05) is 24.5 Å². The number of rotatable bonds is 2. The summed E-state index contributed by atoms with van der Waals surface area (Å²) in [6, 6.07) is 4.12. The number of phenolic OH excluding ortho intramolecular Hbond substituents is 1. The lowest BCUT2D eigenvalue weighted by molar-refractivity contribution is -0.129. The van der Waals surface area contributed by atoms with Crippen LogP contribution in [0.5, 0.6) is 5.75 Å². The predicted octanol–water partition coefficient (Wildman–Crippen LogP) is 3.96. The van der Waals surface area contributed by atoms with Gasteiger partial charge in [-0.2, -0.15) is 0 Å². The van der Waals surface area contributed by atoms with Crippen LogP contribution in [0.15, 0.2) is 12.1 Å². The monoisotopic (exact) mass is 314 g/mol. The van der Waals surface area contributed by atoms with Gasteiger partial charge >= 0.3 is 0 Å². The van der Waals surface area contributed by atoms with Crippen LogP contribution in [0.25, 0.3) is 0 Å². The van der Waals surface area contributed by atoms with Gasteiger partial charge in [0.05, 0.1) is 6.61 Å². The Hall–Kier alpha value is -1.35. The van der Waals surface area contributed by atoms with Crippen LogP contribution in [0.1, 0.15) is 61.6 Å². The minimum absolute atomic E-state index is 0.0645. The molecule has 1 aromatic rings. The molecule has 3 aliphatic carbocycles. The molecule has 3 nitrogen and oxygen atoms in total. The van der Waals surface area contributed by atoms with Crippen molar-refractivity contribution >= 4 is 5.78 Å². The number of Topliss-reactive ketones (excluding diaryl/α,β-unsaturated/α-hetero) is 1. The van der Waals surface area contributed by atoms with Crippen molar-refractivity contribution in [1.82, 2.24) is 0 Å². The summed E-state index contributed by atoms with van der Waals surface area (Å²) in [6.07, 6.45) is 6.17. The van der Waals surface area contributed by atoms with E-state index in [0.29, 0.717) is 35.9 Å². The Kier molecular flexibility index (Phi) is 3.53. The molecule has 0 aliphatic heterocycles. The number of benzene rings is 1. The first-order valence-electron chi connectivity index (χ1n) is 8.91. The number of methoxy groups -OCH3 is 1. The van der Waals surface area contributed by atoms with Crippen molar-refractivity contribution < 1.29 is 14.6 Å². The van der Waals surface area contributed by atoms with E-state index < -0.39 is 0 Å². The SMILES string of the molecule is COCc1cc2c(cc1O)CCC1C2CCC2(C)C(=O)CCC12. The van der Waals surface area contributed by atoms with Crippen LogP contribution in [-0.4, -0.2) is 18.0 Å². The normalized spacial score (nSPS) is 35.6. The van der Waals surface area contributed by atoms with Crippen LogP contribution < -0.4 is 0 Å². The maximum Gasteiger partial charge on any atom is 0.139 e. The first-order chi connectivity index (χ1) is 11.0. The second-order valence-electron chi connectivity index (χ2n) is 7.95. The molecular weight excluding hydrogens is 288 g/mol. The third-order valence-electron chi connectivity index (χ3n) is 6.93. The number of ketones is 1. The summed E-state index contributed by atoms with van der Waals surface area (Å²) in [5, 5.41) is 10.2. The van der Waals surface area contributed by atoms with Gasteiger partial charge in [-0.25, -0.2) is 0 Å². The smallest absolute Gasteiger partial charge is 0.139 e. The Morgan fingerprint density at radius 3 is 2.87 bits per heavy atom. The molecule has 0 aromatic heterocycles. The van der Waals surface area contributed by atoms with E-state index >= 15 is 0 Å². The first kappa shape index (κ1) is 15.2. The van der Waals surface area contributed by atoms with E-state index in [0.717, 1.165) is 44.1 Å². The van der Waals surface area contributed by atoms with Gasteiger partial charge in [-0.15, -0.1) is 0 Å². The van der Waals surface area contributed by atoms with E-state index in [-0.39, 0.29) is 5.41 Å². The highest BCUT2D eigenvalue weighted by molar-refractivity contribution is 5.87. The van der Waals surface area contributed by atoms with Crippen LogP contribution in [0, 0.1) is 17.3 Å². The summed E-state index contributed by atoms with van der Waals surface area (Å²) in [4.78, 5) is 12.4. The summed E-state index contributed by atoms with van der Waals surface area (Å²) in [6.45, 7) is 2.67. The van der Waals surface area contributed by atoms with Crippen molar-refractivity contribution in [2.45, 2.75) is 58.0 Å². The number of carbonyl (C=O) groups excluding carboxylic acids is 1. The zero-order chi connectivity index (χ0) is 16.2. The van der Waals surface area contributed by atoms with Gasteiger partial charge in [0.2, 0.25) is 0 Å². The molecule has 3 aliphatic rings. The lowest BCUT2D eigenvalue weighted by Gasteiger charge is -2.48. The van der Waals surface area contributed by atoms with Crippen LogP contribution >= 0.6 is 0 Å². The molecule has 0 radical (unpaired) electrons. The largest absolute Gasteiger partial charge is 0.508 e. The third kappa shape index (κ3) is 2.16. The lowest BCUT2D eigenvalue weighted by Crippen LogP contribution is -2.42. The van der Waals surface area contributed by atoms with E-state index in [9.17, 15) is 9.90 Å². The molecule has 4 atom stereocenters. The molecule has 124 valence electrons. The Balaban J connectivity index is 1.71. The maximum absolute atomic E-state index is 12.4. The van der Waals surface area contributed by atoms with Gasteiger partial charge in [0.15, 0.2) is 0 Å². The van der Waals surface area contributed by atoms with Crippen LogP contribution in [0.4, 0.5) is 0 Å². The van der Waals surface area contributed by atoms with E-state index in [1.54, 1.807) is 7.11 Å². The summed E-state index contributed by atoms with van der Waals surface area (Å²) in [5.41, 5.74) is 3.54. The van der Waals surface area contributed by atoms with Crippen molar-refractivity contribution in [2.75, 3.05) is 7.11 Å². The van der Waals surface area contributed by atoms with Crippen molar-refractivity contribution in [3.05, 3.63) is 28.8 Å². The standard InChI is InChI=1S/C20H26O3/c1-20-8-7-14-15(17(20)5-6-19(20)22)4-3-12-10-18(21)13(11-23-2)9-16(12)14/h9-10,14-15,17,21H,3-8,11H2,1-2H3. The minimum atomic E-state index is -0.0645. The van der Waals surface area contributed by atoms with E-state index in [1.807, 2.05) is 6.07 Å². The average Bonchev–Trinajstić information content (AvgIpc) is 2.84. The number of aryl methyl sites for hydroxylation is 1. The highest BCUT2D eigenvalue weighted by Crippen LogP contribution is 2.59. The maximum atomic E-state index is 12.4. The Morgan fingerprint density at radius 2 is 2.09 bits per heavy atom. The number of fused-ring (bicyclic) bond motifs is 5.